The van der Waals surface area contributed by atoms with E-state index >= 15 is 0 Å². The highest BCUT2D eigenvalue weighted by molar-refractivity contribution is 6.27. The molecule has 0 aromatic rings. The van der Waals surface area contributed by atoms with Gasteiger partial charge in [0.1, 0.15) is 5.88 Å². The predicted octanol–water partition coefficient (Wildman–Crippen LogP) is 1.62. The maximum absolute atomic E-state index is 11.6. The minimum atomic E-state index is -0.308. The van der Waals surface area contributed by atoms with Crippen LogP contribution in [0.2, 0.25) is 0 Å². The van der Waals surface area contributed by atoms with Gasteiger partial charge in [0.15, 0.2) is 6.29 Å². The van der Waals surface area contributed by atoms with Crippen LogP contribution in [-0.4, -0.2) is 48.8 Å². The van der Waals surface area contributed by atoms with Gasteiger partial charge in [0.05, 0.1) is 6.54 Å². The SMILES string of the molecule is CC(C)N(CC1OCCCCO1)C(=O)CCl. The molecule has 0 saturated carbocycles. The van der Waals surface area contributed by atoms with E-state index in [9.17, 15) is 4.79 Å². The van der Waals surface area contributed by atoms with Crippen molar-refractivity contribution in [2.45, 2.75) is 39.0 Å². The van der Waals surface area contributed by atoms with Crippen molar-refractivity contribution in [2.24, 2.45) is 0 Å². The molecule has 0 spiro atoms. The van der Waals surface area contributed by atoms with Crippen molar-refractivity contribution in [1.29, 1.82) is 0 Å². The van der Waals surface area contributed by atoms with Gasteiger partial charge in [-0.1, -0.05) is 0 Å². The van der Waals surface area contributed by atoms with Gasteiger partial charge in [-0.3, -0.25) is 4.79 Å². The highest BCUT2D eigenvalue weighted by Crippen LogP contribution is 2.10. The molecule has 0 aromatic carbocycles. The molecule has 0 aliphatic carbocycles. The van der Waals surface area contributed by atoms with E-state index in [2.05, 4.69) is 0 Å². The molecule has 4 nitrogen and oxygen atoms in total. The van der Waals surface area contributed by atoms with Crippen molar-refractivity contribution >= 4 is 17.5 Å². The van der Waals surface area contributed by atoms with E-state index in [0.717, 1.165) is 12.8 Å². The summed E-state index contributed by atoms with van der Waals surface area (Å²) in [4.78, 5) is 13.3. The largest absolute Gasteiger partial charge is 0.351 e. The number of amides is 1. The molecule has 0 bridgehead atoms. The zero-order chi connectivity index (χ0) is 12.0. The van der Waals surface area contributed by atoms with E-state index in [0.29, 0.717) is 19.8 Å². The van der Waals surface area contributed by atoms with Crippen molar-refractivity contribution < 1.29 is 14.3 Å². The molecule has 1 aliphatic rings. The van der Waals surface area contributed by atoms with Crippen LogP contribution in [0.5, 0.6) is 0 Å². The summed E-state index contributed by atoms with van der Waals surface area (Å²) in [5.41, 5.74) is 0. The number of alkyl halides is 1. The molecular formula is C11H20ClNO3. The number of rotatable bonds is 4. The quantitative estimate of drug-likeness (QED) is 0.711. The van der Waals surface area contributed by atoms with Gasteiger partial charge in [-0.05, 0) is 26.7 Å². The third kappa shape index (κ3) is 4.28. The fraction of sp³-hybridized carbons (Fsp3) is 0.909. The van der Waals surface area contributed by atoms with E-state index in [4.69, 9.17) is 21.1 Å². The van der Waals surface area contributed by atoms with Gasteiger partial charge in [-0.15, -0.1) is 11.6 Å². The topological polar surface area (TPSA) is 38.8 Å². The number of hydrogen-bond acceptors (Lipinski definition) is 3. The summed E-state index contributed by atoms with van der Waals surface area (Å²) in [6.07, 6.45) is 1.72. The van der Waals surface area contributed by atoms with E-state index in [1.165, 1.54) is 0 Å². The Balaban J connectivity index is 2.49. The second-order valence-corrected chi connectivity index (χ2v) is 4.42. The van der Waals surface area contributed by atoms with Crippen LogP contribution in [-0.2, 0) is 14.3 Å². The molecule has 94 valence electrons. The fourth-order valence-electron chi connectivity index (χ4n) is 1.63. The lowest BCUT2D eigenvalue weighted by Gasteiger charge is -2.29. The highest BCUT2D eigenvalue weighted by atomic mass is 35.5. The lowest BCUT2D eigenvalue weighted by atomic mass is 10.3. The van der Waals surface area contributed by atoms with Crippen LogP contribution in [0, 0.1) is 0 Å². The number of halogens is 1. The third-order valence-electron chi connectivity index (χ3n) is 2.55. The second-order valence-electron chi connectivity index (χ2n) is 4.15. The maximum atomic E-state index is 11.6. The van der Waals surface area contributed by atoms with Gasteiger partial charge in [-0.25, -0.2) is 0 Å². The molecule has 0 radical (unpaired) electrons. The molecule has 0 atom stereocenters. The Morgan fingerprint density at radius 2 is 1.94 bits per heavy atom. The zero-order valence-electron chi connectivity index (χ0n) is 9.95. The van der Waals surface area contributed by atoms with Crippen LogP contribution in [0.15, 0.2) is 0 Å². The van der Waals surface area contributed by atoms with E-state index in [-0.39, 0.29) is 24.1 Å². The Bertz CT molecular complexity index is 215. The van der Waals surface area contributed by atoms with Crippen molar-refractivity contribution in [2.75, 3.05) is 25.6 Å². The summed E-state index contributed by atoms with van der Waals surface area (Å²) in [5.74, 6) is -0.0710. The molecule has 1 rings (SSSR count). The smallest absolute Gasteiger partial charge is 0.237 e. The molecule has 5 heteroatoms. The maximum Gasteiger partial charge on any atom is 0.237 e. The number of ether oxygens (including phenoxy) is 2. The van der Waals surface area contributed by atoms with Crippen LogP contribution in [0.1, 0.15) is 26.7 Å². The first-order chi connectivity index (χ1) is 7.65. The first-order valence-electron chi connectivity index (χ1n) is 5.73. The molecule has 16 heavy (non-hydrogen) atoms. The highest BCUT2D eigenvalue weighted by Gasteiger charge is 2.22. The third-order valence-corrected chi connectivity index (χ3v) is 2.78. The number of hydrogen-bond donors (Lipinski definition) is 0. The molecule has 0 N–H and O–H groups in total. The van der Waals surface area contributed by atoms with Gasteiger partial charge in [0, 0.05) is 19.3 Å². The first-order valence-corrected chi connectivity index (χ1v) is 6.27. The van der Waals surface area contributed by atoms with Crippen LogP contribution in [0.3, 0.4) is 0 Å². The van der Waals surface area contributed by atoms with Crippen molar-refractivity contribution in [3.63, 3.8) is 0 Å². The summed E-state index contributed by atoms with van der Waals surface area (Å²) < 4.78 is 11.0. The van der Waals surface area contributed by atoms with Crippen molar-refractivity contribution in [3.8, 4) is 0 Å². The number of carbonyl (C=O) groups excluding carboxylic acids is 1. The minimum Gasteiger partial charge on any atom is -0.351 e. The normalized spacial score (nSPS) is 18.5. The molecule has 1 aliphatic heterocycles. The molecule has 0 aromatic heterocycles. The van der Waals surface area contributed by atoms with Crippen molar-refractivity contribution in [1.82, 2.24) is 4.90 Å². The summed E-state index contributed by atoms with van der Waals surface area (Å²) in [5, 5.41) is 0. The fourth-order valence-corrected chi connectivity index (χ4v) is 1.78. The Labute approximate surface area is 102 Å². The van der Waals surface area contributed by atoms with Gasteiger partial charge in [-0.2, -0.15) is 0 Å². The Morgan fingerprint density at radius 1 is 1.38 bits per heavy atom. The summed E-state index contributed by atoms with van der Waals surface area (Å²) in [6.45, 7) is 5.78. The van der Waals surface area contributed by atoms with Crippen molar-refractivity contribution in [3.05, 3.63) is 0 Å². The van der Waals surface area contributed by atoms with Crippen LogP contribution >= 0.6 is 11.6 Å². The monoisotopic (exact) mass is 249 g/mol. The second kappa shape index (κ2) is 7.09. The Kier molecular flexibility index (Phi) is 6.09. The van der Waals surface area contributed by atoms with E-state index < -0.39 is 0 Å². The van der Waals surface area contributed by atoms with E-state index in [1.807, 2.05) is 13.8 Å². The Morgan fingerprint density at radius 3 is 2.38 bits per heavy atom. The van der Waals surface area contributed by atoms with E-state index in [1.54, 1.807) is 4.90 Å². The first kappa shape index (κ1) is 13.7. The molecule has 1 amide bonds. The average Bonchev–Trinajstić information content (AvgIpc) is 2.52. The van der Waals surface area contributed by atoms with Gasteiger partial charge in [0.25, 0.3) is 0 Å². The zero-order valence-corrected chi connectivity index (χ0v) is 10.7. The molecule has 1 heterocycles. The lowest BCUT2D eigenvalue weighted by Crippen LogP contribution is -2.44. The van der Waals surface area contributed by atoms with Gasteiger partial charge >= 0.3 is 0 Å². The molecule has 1 saturated heterocycles. The van der Waals surface area contributed by atoms with Gasteiger partial charge in [0.2, 0.25) is 5.91 Å². The standard InChI is InChI=1S/C11H20ClNO3/c1-9(2)13(10(14)7-12)8-11-15-5-3-4-6-16-11/h9,11H,3-8H2,1-2H3. The molecular weight excluding hydrogens is 230 g/mol. The lowest BCUT2D eigenvalue weighted by molar-refractivity contribution is -0.154. The number of nitrogens with zero attached hydrogens (tertiary/aromatic N) is 1. The summed E-state index contributed by atoms with van der Waals surface area (Å²) >= 11 is 5.57. The number of carbonyl (C=O) groups is 1. The summed E-state index contributed by atoms with van der Waals surface area (Å²) in [6, 6.07) is 0.113. The van der Waals surface area contributed by atoms with Crippen LogP contribution in [0.4, 0.5) is 0 Å². The molecule has 0 unspecified atom stereocenters. The molecule has 1 fully saturated rings. The Hall–Kier alpha value is -0.320. The summed E-state index contributed by atoms with van der Waals surface area (Å²) in [7, 11) is 0. The van der Waals surface area contributed by atoms with Gasteiger partial charge < -0.3 is 14.4 Å². The predicted molar refractivity (Wildman–Crippen MR) is 62.5 cm³/mol. The van der Waals surface area contributed by atoms with Crippen LogP contribution in [0.25, 0.3) is 0 Å². The average molecular weight is 250 g/mol. The minimum absolute atomic E-state index is 0.00486. The van der Waals surface area contributed by atoms with Crippen LogP contribution < -0.4 is 0 Å².